The third-order valence-corrected chi connectivity index (χ3v) is 7.96. The molecule has 2 amide bonds. The van der Waals surface area contributed by atoms with Crippen molar-refractivity contribution in [1.29, 1.82) is 0 Å². The number of ether oxygens (including phenoxy) is 2. The van der Waals surface area contributed by atoms with Crippen molar-refractivity contribution in [2.75, 3.05) is 25.0 Å². The molecule has 0 spiro atoms. The van der Waals surface area contributed by atoms with Crippen LogP contribution in [-0.2, 0) is 20.9 Å². The van der Waals surface area contributed by atoms with E-state index in [4.69, 9.17) is 9.47 Å². The Balaban J connectivity index is 0.000000511. The third-order valence-electron chi connectivity index (χ3n) is 7.96. The summed E-state index contributed by atoms with van der Waals surface area (Å²) in [5.41, 5.74) is 5.25. The number of carboxylic acids is 1. The molecule has 1 aliphatic rings. The number of carbonyl (C=O) groups is 2. The van der Waals surface area contributed by atoms with Crippen molar-refractivity contribution in [3.05, 3.63) is 94.5 Å². The second-order valence-electron chi connectivity index (χ2n) is 13.2. The minimum absolute atomic E-state index is 0.0240. The van der Waals surface area contributed by atoms with Crippen molar-refractivity contribution >= 4 is 29.5 Å². The number of nitrogens with one attached hydrogen (secondary N) is 1. The second-order valence-corrected chi connectivity index (χ2v) is 13.2. The van der Waals surface area contributed by atoms with Gasteiger partial charge in [-0.25, -0.2) is 14.4 Å². The Labute approximate surface area is 279 Å². The number of hydrogen-bond donors (Lipinski definition) is 2. The SMILES string of the molecule is Cc1ccccc1N=C=O.Cc1ccccc1NC(=O)N(CCOC1CCCC(OCc2cccc(C)c2C(=O)O)C1)CC(C)(C)C. The number of aliphatic imine (C=N–C) groups is 1. The molecule has 2 atom stereocenters. The number of isocyanates is 1. The minimum atomic E-state index is -0.923. The molecule has 2 unspecified atom stereocenters. The molecule has 9 nitrogen and oxygen atoms in total. The Hall–Kier alpha value is -4.30. The fourth-order valence-electron chi connectivity index (χ4n) is 5.57. The molecule has 0 heterocycles. The first-order chi connectivity index (χ1) is 22.4. The molecule has 2 N–H and O–H groups in total. The number of benzene rings is 3. The van der Waals surface area contributed by atoms with Crippen LogP contribution < -0.4 is 5.32 Å². The number of nitrogens with zero attached hydrogens (tertiary/aromatic N) is 2. The van der Waals surface area contributed by atoms with Crippen molar-refractivity contribution in [2.45, 2.75) is 86.0 Å². The van der Waals surface area contributed by atoms with Crippen LogP contribution in [0.4, 0.5) is 16.2 Å². The summed E-state index contributed by atoms with van der Waals surface area (Å²) >= 11 is 0. The molecular formula is C38H49N3O6. The lowest BCUT2D eigenvalue weighted by molar-refractivity contribution is -0.0528. The monoisotopic (exact) mass is 643 g/mol. The van der Waals surface area contributed by atoms with Crippen LogP contribution in [0.1, 0.15) is 79.1 Å². The standard InChI is InChI=1S/C30H42N2O5.C8H7NO/c1-21-10-6-7-15-26(21)31-29(35)32(20-30(3,4)5)16-17-36-24-13-9-14-25(18-24)37-19-23-12-8-11-22(2)27(23)28(33)34;1-7-4-2-3-5-8(7)9-6-10/h6-8,10-12,15,24-25H,9,13-14,16-20H2,1-5H3,(H,31,35)(H,33,34);2-5H,1H3. The summed E-state index contributed by atoms with van der Waals surface area (Å²) < 4.78 is 12.4. The van der Waals surface area contributed by atoms with Gasteiger partial charge in [-0.3, -0.25) is 0 Å². The summed E-state index contributed by atoms with van der Waals surface area (Å²) in [6.07, 6.45) is 5.24. The zero-order valence-electron chi connectivity index (χ0n) is 28.5. The van der Waals surface area contributed by atoms with Gasteiger partial charge in [0.1, 0.15) is 0 Å². The Kier molecular flexibility index (Phi) is 14.3. The Bertz CT molecular complexity index is 1530. The van der Waals surface area contributed by atoms with Crippen molar-refractivity contribution in [3.63, 3.8) is 0 Å². The van der Waals surface area contributed by atoms with E-state index in [0.29, 0.717) is 36.5 Å². The van der Waals surface area contributed by atoms with Gasteiger partial charge in [0.25, 0.3) is 0 Å². The lowest BCUT2D eigenvalue weighted by Crippen LogP contribution is -2.43. The Morgan fingerprint density at radius 1 is 0.915 bits per heavy atom. The van der Waals surface area contributed by atoms with Crippen molar-refractivity contribution in [1.82, 2.24) is 4.90 Å². The summed E-state index contributed by atoms with van der Waals surface area (Å²) in [6, 6.07) is 20.6. The molecule has 9 heteroatoms. The largest absolute Gasteiger partial charge is 0.478 e. The number of carbonyl (C=O) groups excluding carboxylic acids is 2. The van der Waals surface area contributed by atoms with E-state index < -0.39 is 5.97 Å². The third kappa shape index (κ3) is 12.4. The molecule has 252 valence electrons. The summed E-state index contributed by atoms with van der Waals surface area (Å²) in [7, 11) is 0. The highest BCUT2D eigenvalue weighted by Crippen LogP contribution is 2.26. The summed E-state index contributed by atoms with van der Waals surface area (Å²) in [5.74, 6) is -0.923. The first-order valence-corrected chi connectivity index (χ1v) is 16.2. The Morgan fingerprint density at radius 2 is 1.55 bits per heavy atom. The first kappa shape index (κ1) is 37.2. The average Bonchev–Trinajstić information content (AvgIpc) is 3.01. The van der Waals surface area contributed by atoms with Gasteiger partial charge in [-0.2, -0.15) is 4.99 Å². The van der Waals surface area contributed by atoms with Crippen molar-refractivity contribution in [3.8, 4) is 0 Å². The molecule has 1 saturated carbocycles. The molecule has 1 aliphatic carbocycles. The summed E-state index contributed by atoms with van der Waals surface area (Å²) in [6.45, 7) is 13.9. The molecule has 3 aromatic rings. The average molecular weight is 644 g/mol. The van der Waals surface area contributed by atoms with Crippen LogP contribution in [0, 0.1) is 26.2 Å². The first-order valence-electron chi connectivity index (χ1n) is 16.2. The van der Waals surface area contributed by atoms with Gasteiger partial charge in [0, 0.05) is 18.8 Å². The molecule has 0 saturated heterocycles. The van der Waals surface area contributed by atoms with Crippen LogP contribution in [0.3, 0.4) is 0 Å². The van der Waals surface area contributed by atoms with E-state index in [2.05, 4.69) is 31.1 Å². The maximum Gasteiger partial charge on any atom is 0.336 e. The smallest absolute Gasteiger partial charge is 0.336 e. The fourth-order valence-corrected chi connectivity index (χ4v) is 5.57. The van der Waals surface area contributed by atoms with E-state index >= 15 is 0 Å². The number of para-hydroxylation sites is 2. The lowest BCUT2D eigenvalue weighted by Gasteiger charge is -2.32. The summed E-state index contributed by atoms with van der Waals surface area (Å²) in [5, 5.41) is 12.6. The molecule has 0 aromatic heterocycles. The molecule has 1 fully saturated rings. The number of aryl methyl sites for hydroxylation is 3. The van der Waals surface area contributed by atoms with E-state index in [-0.39, 0.29) is 30.3 Å². The molecule has 0 aliphatic heterocycles. The van der Waals surface area contributed by atoms with Crippen molar-refractivity contribution in [2.24, 2.45) is 10.4 Å². The van der Waals surface area contributed by atoms with Gasteiger partial charge in [0.2, 0.25) is 6.08 Å². The summed E-state index contributed by atoms with van der Waals surface area (Å²) in [4.78, 5) is 39.9. The number of carboxylic acid groups (broad SMARTS) is 1. The maximum atomic E-state index is 13.1. The molecule has 0 radical (unpaired) electrons. The Morgan fingerprint density at radius 3 is 2.19 bits per heavy atom. The number of urea groups is 1. The maximum absolute atomic E-state index is 13.1. The molecule has 3 aromatic carbocycles. The van der Waals surface area contributed by atoms with Gasteiger partial charge in [-0.15, -0.1) is 0 Å². The normalized spacial score (nSPS) is 15.9. The minimum Gasteiger partial charge on any atom is -0.478 e. The number of aromatic carboxylic acids is 1. The highest BCUT2D eigenvalue weighted by molar-refractivity contribution is 5.91. The zero-order valence-corrected chi connectivity index (χ0v) is 28.5. The predicted octanol–water partition coefficient (Wildman–Crippen LogP) is 8.39. The second kappa shape index (κ2) is 18.1. The van der Waals surface area contributed by atoms with Crippen LogP contribution in [0.25, 0.3) is 0 Å². The van der Waals surface area contributed by atoms with Gasteiger partial charge in [-0.05, 0) is 86.3 Å². The zero-order chi connectivity index (χ0) is 34.4. The van der Waals surface area contributed by atoms with Gasteiger partial charge < -0.3 is 24.8 Å². The van der Waals surface area contributed by atoms with Crippen LogP contribution in [0.5, 0.6) is 0 Å². The van der Waals surface area contributed by atoms with Crippen molar-refractivity contribution < 1.29 is 29.0 Å². The van der Waals surface area contributed by atoms with Crippen LogP contribution in [0.2, 0.25) is 0 Å². The van der Waals surface area contributed by atoms with Gasteiger partial charge in [-0.1, -0.05) is 75.4 Å². The van der Waals surface area contributed by atoms with E-state index in [9.17, 15) is 19.5 Å². The highest BCUT2D eigenvalue weighted by atomic mass is 16.5. The van der Waals surface area contributed by atoms with Gasteiger partial charge in [0.15, 0.2) is 0 Å². The van der Waals surface area contributed by atoms with E-state index in [1.165, 1.54) is 6.08 Å². The predicted molar refractivity (Wildman–Crippen MR) is 185 cm³/mol. The highest BCUT2D eigenvalue weighted by Gasteiger charge is 2.26. The van der Waals surface area contributed by atoms with Crippen LogP contribution in [-0.4, -0.2) is 60.0 Å². The van der Waals surface area contributed by atoms with Crippen LogP contribution in [0.15, 0.2) is 71.7 Å². The van der Waals surface area contributed by atoms with Crippen LogP contribution >= 0.6 is 0 Å². The number of anilines is 1. The topological polar surface area (TPSA) is 118 Å². The lowest BCUT2D eigenvalue weighted by atomic mass is 9.94. The quantitative estimate of drug-likeness (QED) is 0.160. The number of amides is 2. The van der Waals surface area contributed by atoms with Gasteiger partial charge in [0.05, 0.1) is 36.7 Å². The molecule has 47 heavy (non-hydrogen) atoms. The number of rotatable bonds is 11. The fraction of sp³-hybridized carbons (Fsp3) is 0.447. The van der Waals surface area contributed by atoms with E-state index in [1.54, 1.807) is 6.07 Å². The molecular weight excluding hydrogens is 594 g/mol. The van der Waals surface area contributed by atoms with E-state index in [0.717, 1.165) is 48.1 Å². The van der Waals surface area contributed by atoms with E-state index in [1.807, 2.05) is 86.3 Å². The van der Waals surface area contributed by atoms with Gasteiger partial charge >= 0.3 is 12.0 Å². The molecule has 0 bridgehead atoms. The number of hydrogen-bond acceptors (Lipinski definition) is 6. The molecule has 4 rings (SSSR count).